The molecule has 0 radical (unpaired) electrons. The Morgan fingerprint density at radius 2 is 2.07 bits per heavy atom. The van der Waals surface area contributed by atoms with E-state index in [9.17, 15) is 9.59 Å². The number of para-hydroxylation sites is 1. The van der Waals surface area contributed by atoms with E-state index in [0.29, 0.717) is 36.1 Å². The third kappa shape index (κ3) is 4.11. The Morgan fingerprint density at radius 3 is 2.93 bits per heavy atom. The van der Waals surface area contributed by atoms with Crippen LogP contribution in [0.2, 0.25) is 0 Å². The summed E-state index contributed by atoms with van der Waals surface area (Å²) < 4.78 is 5.46. The molecule has 0 saturated carbocycles. The number of hydrogen-bond donors (Lipinski definition) is 1. The van der Waals surface area contributed by atoms with Gasteiger partial charge in [0.05, 0.1) is 11.2 Å². The van der Waals surface area contributed by atoms with Crippen molar-refractivity contribution in [2.75, 3.05) is 31.6 Å². The summed E-state index contributed by atoms with van der Waals surface area (Å²) in [5, 5.41) is 3.69. The largest absolute Gasteiger partial charge is 0.381 e. The van der Waals surface area contributed by atoms with Crippen LogP contribution < -0.4 is 5.32 Å². The van der Waals surface area contributed by atoms with E-state index in [2.05, 4.69) is 10.3 Å². The first-order valence-electron chi connectivity index (χ1n) is 9.72. The summed E-state index contributed by atoms with van der Waals surface area (Å²) in [6, 6.07) is 9.34. The topological polar surface area (TPSA) is 71.5 Å². The van der Waals surface area contributed by atoms with Crippen LogP contribution in [0.3, 0.4) is 0 Å². The zero-order valence-corrected chi connectivity index (χ0v) is 15.4. The third-order valence-electron chi connectivity index (χ3n) is 5.57. The standard InChI is InChI=1S/C21H25N3O3/c25-20(23-18-7-1-5-17-6-2-9-22-19(17)18)21(26)24-10-3-4-15(13-24)12-16-8-11-27-14-16/h1-2,5-7,9,15-16H,3-4,8,10-14H2,(H,23,25). The molecule has 0 aliphatic carbocycles. The molecule has 2 aliphatic rings. The minimum atomic E-state index is -0.585. The Kier molecular flexibility index (Phi) is 5.34. The Bertz CT molecular complexity index is 827. The lowest BCUT2D eigenvalue weighted by atomic mass is 9.88. The van der Waals surface area contributed by atoms with Gasteiger partial charge in [-0.1, -0.05) is 18.2 Å². The maximum Gasteiger partial charge on any atom is 0.313 e. The summed E-state index contributed by atoms with van der Waals surface area (Å²) in [4.78, 5) is 31.3. The van der Waals surface area contributed by atoms with Crippen molar-refractivity contribution >= 4 is 28.4 Å². The molecule has 6 nitrogen and oxygen atoms in total. The van der Waals surface area contributed by atoms with E-state index in [4.69, 9.17) is 4.74 Å². The minimum Gasteiger partial charge on any atom is -0.381 e. The summed E-state index contributed by atoms with van der Waals surface area (Å²) >= 11 is 0. The zero-order chi connectivity index (χ0) is 18.6. The maximum absolute atomic E-state index is 12.7. The Labute approximate surface area is 158 Å². The molecule has 1 aromatic carbocycles. The van der Waals surface area contributed by atoms with Crippen molar-refractivity contribution in [2.45, 2.75) is 25.7 Å². The first-order valence-corrected chi connectivity index (χ1v) is 9.72. The second-order valence-corrected chi connectivity index (χ2v) is 7.56. The molecule has 2 amide bonds. The molecular weight excluding hydrogens is 342 g/mol. The first-order chi connectivity index (χ1) is 13.2. The van der Waals surface area contributed by atoms with Gasteiger partial charge in [-0.05, 0) is 49.7 Å². The molecule has 27 heavy (non-hydrogen) atoms. The van der Waals surface area contributed by atoms with Gasteiger partial charge < -0.3 is 15.0 Å². The number of rotatable bonds is 3. The van der Waals surface area contributed by atoms with E-state index in [-0.39, 0.29) is 0 Å². The number of hydrogen-bond acceptors (Lipinski definition) is 4. The predicted octanol–water partition coefficient (Wildman–Crippen LogP) is 2.84. The maximum atomic E-state index is 12.7. The number of anilines is 1. The molecule has 2 fully saturated rings. The molecule has 142 valence electrons. The number of pyridine rings is 1. The van der Waals surface area contributed by atoms with Crippen molar-refractivity contribution < 1.29 is 14.3 Å². The number of fused-ring (bicyclic) bond motifs is 1. The van der Waals surface area contributed by atoms with Crippen LogP contribution in [0.4, 0.5) is 5.69 Å². The highest BCUT2D eigenvalue weighted by Gasteiger charge is 2.30. The summed E-state index contributed by atoms with van der Waals surface area (Å²) in [5.74, 6) is 0.0235. The lowest BCUT2D eigenvalue weighted by Crippen LogP contribution is -2.45. The molecule has 3 heterocycles. The fourth-order valence-electron chi connectivity index (χ4n) is 4.21. The van der Waals surface area contributed by atoms with E-state index in [1.807, 2.05) is 24.3 Å². The van der Waals surface area contributed by atoms with Crippen molar-refractivity contribution in [1.29, 1.82) is 0 Å². The predicted molar refractivity (Wildman–Crippen MR) is 103 cm³/mol. The molecule has 1 aromatic heterocycles. The number of nitrogens with zero attached hydrogens (tertiary/aromatic N) is 2. The van der Waals surface area contributed by atoms with Crippen LogP contribution in [0, 0.1) is 11.8 Å². The van der Waals surface area contributed by atoms with Gasteiger partial charge in [0, 0.05) is 37.9 Å². The van der Waals surface area contributed by atoms with Crippen molar-refractivity contribution in [2.24, 2.45) is 11.8 Å². The van der Waals surface area contributed by atoms with E-state index >= 15 is 0 Å². The SMILES string of the molecule is O=C(Nc1cccc2cccnc12)C(=O)N1CCCC(CC2CCOC2)C1. The number of carbonyl (C=O) groups excluding carboxylic acids is 2. The zero-order valence-electron chi connectivity index (χ0n) is 15.4. The number of piperidine rings is 1. The molecule has 0 bridgehead atoms. The summed E-state index contributed by atoms with van der Waals surface area (Å²) in [5.41, 5.74) is 1.27. The average molecular weight is 367 g/mol. The normalized spacial score (nSPS) is 22.7. The monoisotopic (exact) mass is 367 g/mol. The fourth-order valence-corrected chi connectivity index (χ4v) is 4.21. The van der Waals surface area contributed by atoms with E-state index in [0.717, 1.165) is 44.3 Å². The molecule has 6 heteroatoms. The van der Waals surface area contributed by atoms with Gasteiger partial charge in [-0.15, -0.1) is 0 Å². The molecule has 1 N–H and O–H groups in total. The molecule has 2 unspecified atom stereocenters. The van der Waals surface area contributed by atoms with Gasteiger partial charge in [0.1, 0.15) is 0 Å². The Morgan fingerprint density at radius 1 is 1.19 bits per heavy atom. The summed E-state index contributed by atoms with van der Waals surface area (Å²) in [7, 11) is 0. The molecule has 2 aromatic rings. The molecular formula is C21H25N3O3. The number of benzene rings is 1. The van der Waals surface area contributed by atoms with Crippen LogP contribution in [-0.2, 0) is 14.3 Å². The lowest BCUT2D eigenvalue weighted by Gasteiger charge is -2.33. The molecule has 2 saturated heterocycles. The van der Waals surface area contributed by atoms with E-state index in [1.165, 1.54) is 0 Å². The number of aromatic nitrogens is 1. The summed E-state index contributed by atoms with van der Waals surface area (Å²) in [6.45, 7) is 2.99. The van der Waals surface area contributed by atoms with E-state index < -0.39 is 11.8 Å². The van der Waals surface area contributed by atoms with Crippen molar-refractivity contribution in [3.63, 3.8) is 0 Å². The van der Waals surface area contributed by atoms with Gasteiger partial charge in [0.15, 0.2) is 0 Å². The Hall–Kier alpha value is -2.47. The number of carbonyl (C=O) groups is 2. The molecule has 2 aliphatic heterocycles. The average Bonchev–Trinajstić information content (AvgIpc) is 3.21. The van der Waals surface area contributed by atoms with Crippen molar-refractivity contribution in [3.8, 4) is 0 Å². The van der Waals surface area contributed by atoms with Crippen LogP contribution in [0.25, 0.3) is 10.9 Å². The smallest absolute Gasteiger partial charge is 0.313 e. The van der Waals surface area contributed by atoms with Crippen LogP contribution in [0.5, 0.6) is 0 Å². The number of ether oxygens (including phenoxy) is 1. The van der Waals surface area contributed by atoms with Gasteiger partial charge in [-0.25, -0.2) is 0 Å². The number of amides is 2. The fraction of sp³-hybridized carbons (Fsp3) is 0.476. The van der Waals surface area contributed by atoms with Gasteiger partial charge in [0.25, 0.3) is 0 Å². The molecule has 2 atom stereocenters. The van der Waals surface area contributed by atoms with Crippen LogP contribution in [0.1, 0.15) is 25.7 Å². The highest BCUT2D eigenvalue weighted by atomic mass is 16.5. The Balaban J connectivity index is 1.40. The number of likely N-dealkylation sites (tertiary alicyclic amines) is 1. The van der Waals surface area contributed by atoms with Crippen LogP contribution >= 0.6 is 0 Å². The second-order valence-electron chi connectivity index (χ2n) is 7.56. The quantitative estimate of drug-likeness (QED) is 0.847. The van der Waals surface area contributed by atoms with Crippen molar-refractivity contribution in [3.05, 3.63) is 36.5 Å². The van der Waals surface area contributed by atoms with Crippen LogP contribution in [-0.4, -0.2) is 48.0 Å². The van der Waals surface area contributed by atoms with Crippen LogP contribution in [0.15, 0.2) is 36.5 Å². The minimum absolute atomic E-state index is 0.449. The van der Waals surface area contributed by atoms with Gasteiger partial charge >= 0.3 is 11.8 Å². The highest BCUT2D eigenvalue weighted by molar-refractivity contribution is 6.40. The summed E-state index contributed by atoms with van der Waals surface area (Å²) in [6.07, 6.45) is 5.95. The number of nitrogens with one attached hydrogen (secondary N) is 1. The highest BCUT2D eigenvalue weighted by Crippen LogP contribution is 2.28. The second kappa shape index (κ2) is 8.05. The van der Waals surface area contributed by atoms with Gasteiger partial charge in [-0.2, -0.15) is 0 Å². The third-order valence-corrected chi connectivity index (χ3v) is 5.57. The van der Waals surface area contributed by atoms with Gasteiger partial charge in [-0.3, -0.25) is 14.6 Å². The van der Waals surface area contributed by atoms with Gasteiger partial charge in [0.2, 0.25) is 0 Å². The molecule has 0 spiro atoms. The first kappa shape index (κ1) is 17.9. The van der Waals surface area contributed by atoms with Crippen molar-refractivity contribution in [1.82, 2.24) is 9.88 Å². The lowest BCUT2D eigenvalue weighted by molar-refractivity contribution is -0.144. The van der Waals surface area contributed by atoms with E-state index in [1.54, 1.807) is 17.2 Å². The molecule has 4 rings (SSSR count).